The third kappa shape index (κ3) is 4.22. The second kappa shape index (κ2) is 9.35. The Balaban J connectivity index is 1.60. The number of imidazole rings is 1. The maximum Gasteiger partial charge on any atom is 0.332 e. The van der Waals surface area contributed by atoms with E-state index in [1.807, 2.05) is 0 Å². The van der Waals surface area contributed by atoms with Gasteiger partial charge in [-0.15, -0.1) is 0 Å². The molecule has 3 heterocycles. The minimum atomic E-state index is -0.536. The Hall–Kier alpha value is -3.78. The number of aromatic hydroxyl groups is 1. The topological polar surface area (TPSA) is 72.4 Å². The molecule has 1 aliphatic rings. The van der Waals surface area contributed by atoms with Crippen LogP contribution in [-0.4, -0.2) is 31.9 Å². The molecular formula is C27H26ClFN4O3. The number of benzene rings is 2. The summed E-state index contributed by atoms with van der Waals surface area (Å²) in [5, 5.41) is 11.5. The second-order valence-corrected chi connectivity index (χ2v) is 9.56. The van der Waals surface area contributed by atoms with Crippen molar-refractivity contribution < 1.29 is 9.50 Å². The van der Waals surface area contributed by atoms with Crippen molar-refractivity contribution in [2.45, 2.75) is 19.3 Å². The average Bonchev–Trinajstić information content (AvgIpc) is 3.20. The molecule has 2 aromatic heterocycles. The molecule has 7 nitrogen and oxygen atoms in total. The predicted molar refractivity (Wildman–Crippen MR) is 140 cm³/mol. The van der Waals surface area contributed by atoms with E-state index in [4.69, 9.17) is 11.6 Å². The van der Waals surface area contributed by atoms with Crippen LogP contribution >= 0.6 is 11.6 Å². The van der Waals surface area contributed by atoms with Crippen LogP contribution in [0.3, 0.4) is 0 Å². The summed E-state index contributed by atoms with van der Waals surface area (Å²) < 4.78 is 19.2. The summed E-state index contributed by atoms with van der Waals surface area (Å²) >= 11 is 6.50. The molecule has 0 spiro atoms. The fourth-order valence-electron chi connectivity index (χ4n) is 4.76. The number of aryl methyl sites for hydroxylation is 2. The van der Waals surface area contributed by atoms with Gasteiger partial charge in [-0.05, 0) is 55.2 Å². The molecule has 1 saturated heterocycles. The minimum absolute atomic E-state index is 0.125. The van der Waals surface area contributed by atoms with Gasteiger partial charge >= 0.3 is 5.69 Å². The number of rotatable bonds is 4. The zero-order valence-corrected chi connectivity index (χ0v) is 20.8. The second-order valence-electron chi connectivity index (χ2n) is 9.16. The molecule has 36 heavy (non-hydrogen) atoms. The number of hydrogen-bond donors (Lipinski definition) is 1. The number of hydrogen-bond acceptors (Lipinski definition) is 4. The average molecular weight is 509 g/mol. The molecule has 0 atom stereocenters. The fraction of sp³-hybridized carbons (Fsp3) is 0.259. The Kier molecular flexibility index (Phi) is 6.22. The monoisotopic (exact) mass is 508 g/mol. The highest BCUT2D eigenvalue weighted by atomic mass is 35.5. The molecule has 1 N–H and O–H groups in total. The van der Waals surface area contributed by atoms with E-state index in [0.29, 0.717) is 22.5 Å². The Morgan fingerprint density at radius 2 is 1.56 bits per heavy atom. The third-order valence-corrected chi connectivity index (χ3v) is 7.01. The van der Waals surface area contributed by atoms with E-state index < -0.39 is 5.82 Å². The molecule has 1 fully saturated rings. The Morgan fingerprint density at radius 1 is 0.861 bits per heavy atom. The first-order valence-electron chi connectivity index (χ1n) is 11.8. The number of nitrogens with zero attached hydrogens (tertiary/aromatic N) is 4. The van der Waals surface area contributed by atoms with Crippen LogP contribution in [0.2, 0.25) is 5.02 Å². The highest BCUT2D eigenvalue weighted by Gasteiger charge is 2.20. The molecule has 0 aliphatic carbocycles. The lowest BCUT2D eigenvalue weighted by molar-refractivity contribution is 0.477. The summed E-state index contributed by atoms with van der Waals surface area (Å²) in [6, 6.07) is 9.16. The lowest BCUT2D eigenvalue weighted by atomic mass is 9.97. The Labute approximate surface area is 212 Å². The van der Waals surface area contributed by atoms with Gasteiger partial charge in [0.25, 0.3) is 5.56 Å². The van der Waals surface area contributed by atoms with Gasteiger partial charge in [-0.2, -0.15) is 0 Å². The summed E-state index contributed by atoms with van der Waals surface area (Å²) in [5.74, 6) is -0.661. The van der Waals surface area contributed by atoms with Crippen molar-refractivity contribution in [3.8, 4) is 33.7 Å². The largest absolute Gasteiger partial charge is 0.507 e. The molecule has 2 aromatic carbocycles. The van der Waals surface area contributed by atoms with Crippen molar-refractivity contribution in [1.29, 1.82) is 0 Å². The van der Waals surface area contributed by atoms with Crippen LogP contribution in [0.25, 0.3) is 27.9 Å². The standard InChI is InChI=1S/C27H26ClFN4O3/c1-30-10-11-33(27(30)36)23-7-6-17(12-22(23)28)20-14-19(29)15-21(25(20)34)18-13-24(26(35)31(2)16-18)32-8-4-3-5-9-32/h6-7,10-16,34H,3-5,8-9H2,1-2H3. The number of pyridine rings is 1. The summed E-state index contributed by atoms with van der Waals surface area (Å²) in [4.78, 5) is 27.2. The van der Waals surface area contributed by atoms with Crippen molar-refractivity contribution in [3.63, 3.8) is 0 Å². The van der Waals surface area contributed by atoms with Crippen molar-refractivity contribution in [2.75, 3.05) is 18.0 Å². The van der Waals surface area contributed by atoms with Gasteiger partial charge in [0.05, 0.1) is 10.7 Å². The van der Waals surface area contributed by atoms with E-state index >= 15 is 0 Å². The quantitative estimate of drug-likeness (QED) is 0.434. The predicted octanol–water partition coefficient (Wildman–Crippen LogP) is 4.70. The van der Waals surface area contributed by atoms with Crippen LogP contribution in [-0.2, 0) is 14.1 Å². The van der Waals surface area contributed by atoms with Crippen molar-refractivity contribution in [2.24, 2.45) is 14.1 Å². The normalized spacial score (nSPS) is 13.8. The summed E-state index contributed by atoms with van der Waals surface area (Å²) in [6.45, 7) is 1.57. The van der Waals surface area contributed by atoms with Gasteiger partial charge in [-0.1, -0.05) is 17.7 Å². The lowest BCUT2D eigenvalue weighted by Gasteiger charge is -2.28. The molecule has 0 bridgehead atoms. The highest BCUT2D eigenvalue weighted by molar-refractivity contribution is 6.32. The van der Waals surface area contributed by atoms with Crippen LogP contribution in [0.5, 0.6) is 5.75 Å². The number of piperidine rings is 1. The van der Waals surface area contributed by atoms with Gasteiger partial charge in [0.15, 0.2) is 0 Å². The van der Waals surface area contributed by atoms with E-state index in [1.165, 1.54) is 25.8 Å². The van der Waals surface area contributed by atoms with Crippen LogP contribution in [0.15, 0.2) is 64.6 Å². The summed E-state index contributed by atoms with van der Waals surface area (Å²) in [6.07, 6.45) is 7.99. The first kappa shape index (κ1) is 23.9. The van der Waals surface area contributed by atoms with Crippen molar-refractivity contribution >= 4 is 17.3 Å². The fourth-order valence-corrected chi connectivity index (χ4v) is 5.03. The number of aromatic nitrogens is 3. The smallest absolute Gasteiger partial charge is 0.332 e. The molecule has 0 radical (unpaired) electrons. The molecular weight excluding hydrogens is 483 g/mol. The zero-order valence-electron chi connectivity index (χ0n) is 20.0. The van der Waals surface area contributed by atoms with Gasteiger partial charge in [0, 0.05) is 62.5 Å². The molecule has 186 valence electrons. The van der Waals surface area contributed by atoms with E-state index in [0.717, 1.165) is 32.4 Å². The molecule has 5 rings (SSSR count). The van der Waals surface area contributed by atoms with Crippen LogP contribution in [0.4, 0.5) is 10.1 Å². The molecule has 0 saturated carbocycles. The number of phenols is 1. The SMILES string of the molecule is Cn1cc(-c2cc(F)cc(-c3ccc(-n4ccn(C)c4=O)c(Cl)c3)c2O)cc(N2CCCCC2)c1=O. The maximum absolute atomic E-state index is 14.8. The van der Waals surface area contributed by atoms with E-state index in [-0.39, 0.29) is 33.1 Å². The van der Waals surface area contributed by atoms with Crippen LogP contribution in [0, 0.1) is 5.82 Å². The number of halogens is 2. The first-order chi connectivity index (χ1) is 17.2. The van der Waals surface area contributed by atoms with Crippen LogP contribution in [0.1, 0.15) is 19.3 Å². The molecule has 9 heteroatoms. The van der Waals surface area contributed by atoms with E-state index in [9.17, 15) is 19.1 Å². The maximum atomic E-state index is 14.8. The number of phenolic OH excluding ortho intramolecular Hbond substituents is 1. The summed E-state index contributed by atoms with van der Waals surface area (Å²) in [7, 11) is 3.30. The van der Waals surface area contributed by atoms with Gasteiger partial charge < -0.3 is 19.1 Å². The first-order valence-corrected chi connectivity index (χ1v) is 12.1. The summed E-state index contributed by atoms with van der Waals surface area (Å²) in [5.41, 5.74) is 2.20. The molecule has 0 amide bonds. The minimum Gasteiger partial charge on any atom is -0.507 e. The lowest BCUT2D eigenvalue weighted by Crippen LogP contribution is -2.35. The molecule has 4 aromatic rings. The third-order valence-electron chi connectivity index (χ3n) is 6.71. The van der Waals surface area contributed by atoms with Gasteiger partial charge in [-0.25, -0.2) is 9.18 Å². The Morgan fingerprint density at radius 3 is 2.19 bits per heavy atom. The van der Waals surface area contributed by atoms with E-state index in [1.54, 1.807) is 57.0 Å². The van der Waals surface area contributed by atoms with E-state index in [2.05, 4.69) is 4.90 Å². The zero-order chi connectivity index (χ0) is 25.6. The van der Waals surface area contributed by atoms with Crippen LogP contribution < -0.4 is 16.1 Å². The molecule has 1 aliphatic heterocycles. The van der Waals surface area contributed by atoms with Crippen molar-refractivity contribution in [1.82, 2.24) is 13.7 Å². The van der Waals surface area contributed by atoms with Gasteiger partial charge in [0.1, 0.15) is 17.3 Å². The number of anilines is 1. The highest BCUT2D eigenvalue weighted by Crippen LogP contribution is 2.40. The molecule has 0 unspecified atom stereocenters. The van der Waals surface area contributed by atoms with Gasteiger partial charge in [0.2, 0.25) is 0 Å². The Bertz CT molecular complexity index is 1580. The van der Waals surface area contributed by atoms with Crippen molar-refractivity contribution in [3.05, 3.63) is 86.7 Å². The van der Waals surface area contributed by atoms with Gasteiger partial charge in [-0.3, -0.25) is 9.36 Å².